The lowest BCUT2D eigenvalue weighted by Gasteiger charge is -2.33. The molecule has 3 heteroatoms. The molecule has 0 aromatic heterocycles. The van der Waals surface area contributed by atoms with Crippen LogP contribution in [0.1, 0.15) is 18.4 Å². The highest BCUT2D eigenvalue weighted by molar-refractivity contribution is 5.14. The van der Waals surface area contributed by atoms with Crippen molar-refractivity contribution in [1.29, 1.82) is 0 Å². The zero-order valence-electron chi connectivity index (χ0n) is 12.1. The zero-order chi connectivity index (χ0) is 13.5. The van der Waals surface area contributed by atoms with Gasteiger partial charge in [-0.3, -0.25) is 4.90 Å². The molecule has 0 atom stereocenters. The molecular formula is C16H27N3. The van der Waals surface area contributed by atoms with Crippen molar-refractivity contribution < 1.29 is 0 Å². The monoisotopic (exact) mass is 261 g/mol. The molecule has 0 unspecified atom stereocenters. The molecule has 1 aromatic rings. The van der Waals surface area contributed by atoms with Gasteiger partial charge in [-0.2, -0.15) is 0 Å². The fourth-order valence-corrected chi connectivity index (χ4v) is 2.92. The molecular weight excluding hydrogens is 234 g/mol. The van der Waals surface area contributed by atoms with Crippen LogP contribution in [0.5, 0.6) is 0 Å². The second-order valence-corrected chi connectivity index (χ2v) is 5.76. The Morgan fingerprint density at radius 1 is 1.21 bits per heavy atom. The van der Waals surface area contributed by atoms with E-state index in [4.69, 9.17) is 5.73 Å². The average molecular weight is 261 g/mol. The summed E-state index contributed by atoms with van der Waals surface area (Å²) in [6.45, 7) is 6.56. The Bertz CT molecular complexity index is 344. The highest BCUT2D eigenvalue weighted by atomic mass is 15.1. The van der Waals surface area contributed by atoms with E-state index in [9.17, 15) is 0 Å². The van der Waals surface area contributed by atoms with E-state index < -0.39 is 0 Å². The van der Waals surface area contributed by atoms with Crippen molar-refractivity contribution in [1.82, 2.24) is 9.80 Å². The van der Waals surface area contributed by atoms with E-state index in [-0.39, 0.29) is 0 Å². The predicted octanol–water partition coefficient (Wildman–Crippen LogP) is 1.79. The summed E-state index contributed by atoms with van der Waals surface area (Å²) in [6.07, 6.45) is 2.64. The molecule has 2 N–H and O–H groups in total. The second-order valence-electron chi connectivity index (χ2n) is 5.76. The van der Waals surface area contributed by atoms with Crippen LogP contribution in [0.3, 0.4) is 0 Å². The van der Waals surface area contributed by atoms with E-state index in [1.54, 1.807) is 0 Å². The van der Waals surface area contributed by atoms with Gasteiger partial charge >= 0.3 is 0 Å². The predicted molar refractivity (Wildman–Crippen MR) is 81.0 cm³/mol. The van der Waals surface area contributed by atoms with Gasteiger partial charge < -0.3 is 10.6 Å². The smallest absolute Gasteiger partial charge is 0.0233 e. The largest absolute Gasteiger partial charge is 0.329 e. The highest BCUT2D eigenvalue weighted by Crippen LogP contribution is 2.19. The molecule has 0 aliphatic carbocycles. The fraction of sp³-hybridized carbons (Fsp3) is 0.625. The molecule has 106 valence electrons. The van der Waals surface area contributed by atoms with Gasteiger partial charge in [-0.15, -0.1) is 0 Å². The van der Waals surface area contributed by atoms with Crippen LogP contribution >= 0.6 is 0 Å². The molecule has 1 heterocycles. The average Bonchev–Trinajstić information content (AvgIpc) is 2.42. The van der Waals surface area contributed by atoms with Gasteiger partial charge in [-0.25, -0.2) is 0 Å². The van der Waals surface area contributed by atoms with E-state index in [1.165, 1.54) is 38.0 Å². The molecule has 0 bridgehead atoms. The third kappa shape index (κ3) is 4.94. The van der Waals surface area contributed by atoms with Gasteiger partial charge in [0, 0.05) is 26.2 Å². The van der Waals surface area contributed by atoms with Crippen molar-refractivity contribution in [3.05, 3.63) is 35.9 Å². The van der Waals surface area contributed by atoms with Crippen LogP contribution in [0.2, 0.25) is 0 Å². The molecule has 3 nitrogen and oxygen atoms in total. The number of piperidine rings is 1. The normalized spacial score (nSPS) is 18.1. The van der Waals surface area contributed by atoms with Gasteiger partial charge in [-0.05, 0) is 44.5 Å². The lowest BCUT2D eigenvalue weighted by atomic mass is 9.96. The van der Waals surface area contributed by atoms with Crippen LogP contribution in [0, 0.1) is 5.92 Å². The van der Waals surface area contributed by atoms with E-state index in [1.807, 2.05) is 0 Å². The third-order valence-corrected chi connectivity index (χ3v) is 4.04. The molecule has 1 aliphatic heterocycles. The number of benzene rings is 1. The third-order valence-electron chi connectivity index (χ3n) is 4.04. The molecule has 0 saturated carbocycles. The summed E-state index contributed by atoms with van der Waals surface area (Å²) in [7, 11) is 2.18. The Morgan fingerprint density at radius 3 is 2.53 bits per heavy atom. The Balaban J connectivity index is 1.70. The molecule has 19 heavy (non-hydrogen) atoms. The van der Waals surface area contributed by atoms with Crippen molar-refractivity contribution in [3.8, 4) is 0 Å². The van der Waals surface area contributed by atoms with Crippen LogP contribution in [-0.2, 0) is 6.54 Å². The van der Waals surface area contributed by atoms with E-state index in [0.29, 0.717) is 0 Å². The number of likely N-dealkylation sites (N-methyl/N-ethyl adjacent to an activating group) is 1. The van der Waals surface area contributed by atoms with Crippen molar-refractivity contribution in [2.24, 2.45) is 11.7 Å². The minimum atomic E-state index is 0.767. The first-order valence-corrected chi connectivity index (χ1v) is 7.43. The van der Waals surface area contributed by atoms with Crippen molar-refractivity contribution >= 4 is 0 Å². The van der Waals surface area contributed by atoms with E-state index in [2.05, 4.69) is 47.2 Å². The first-order valence-electron chi connectivity index (χ1n) is 7.43. The van der Waals surface area contributed by atoms with E-state index >= 15 is 0 Å². The van der Waals surface area contributed by atoms with Gasteiger partial charge in [0.2, 0.25) is 0 Å². The van der Waals surface area contributed by atoms with Crippen molar-refractivity contribution in [2.45, 2.75) is 19.4 Å². The summed E-state index contributed by atoms with van der Waals surface area (Å²) < 4.78 is 0. The van der Waals surface area contributed by atoms with Crippen molar-refractivity contribution in [3.63, 3.8) is 0 Å². The lowest BCUT2D eigenvalue weighted by molar-refractivity contribution is 0.150. The Labute approximate surface area is 117 Å². The maximum absolute atomic E-state index is 5.59. The van der Waals surface area contributed by atoms with Gasteiger partial charge in [0.05, 0.1) is 0 Å². The molecule has 1 fully saturated rings. The van der Waals surface area contributed by atoms with E-state index in [0.717, 1.165) is 25.6 Å². The summed E-state index contributed by atoms with van der Waals surface area (Å²) in [5.41, 5.74) is 7.02. The fourth-order valence-electron chi connectivity index (χ4n) is 2.92. The molecule has 2 rings (SSSR count). The number of nitrogens with zero attached hydrogens (tertiary/aromatic N) is 2. The number of nitrogens with two attached hydrogens (primary N) is 1. The second kappa shape index (κ2) is 7.63. The standard InChI is InChI=1S/C16H27N3/c1-18(12-9-17)13-16-7-10-19(11-8-16)14-15-5-3-2-4-6-15/h2-6,16H,7-14,17H2,1H3. The molecule has 1 saturated heterocycles. The Kier molecular flexibility index (Phi) is 5.83. The van der Waals surface area contributed by atoms with Crippen LogP contribution in [0.15, 0.2) is 30.3 Å². The minimum Gasteiger partial charge on any atom is -0.329 e. The Hall–Kier alpha value is -0.900. The summed E-state index contributed by atoms with van der Waals surface area (Å²) in [6, 6.07) is 10.8. The number of rotatable bonds is 6. The van der Waals surface area contributed by atoms with Crippen LogP contribution < -0.4 is 5.73 Å². The quantitative estimate of drug-likeness (QED) is 0.847. The lowest BCUT2D eigenvalue weighted by Crippen LogP contribution is -2.38. The Morgan fingerprint density at radius 2 is 1.89 bits per heavy atom. The highest BCUT2D eigenvalue weighted by Gasteiger charge is 2.20. The van der Waals surface area contributed by atoms with Crippen LogP contribution in [0.25, 0.3) is 0 Å². The molecule has 0 radical (unpaired) electrons. The van der Waals surface area contributed by atoms with Gasteiger partial charge in [0.1, 0.15) is 0 Å². The van der Waals surface area contributed by atoms with Crippen LogP contribution in [0.4, 0.5) is 0 Å². The maximum Gasteiger partial charge on any atom is 0.0233 e. The summed E-state index contributed by atoms with van der Waals surface area (Å²) in [4.78, 5) is 4.95. The maximum atomic E-state index is 5.59. The molecule has 1 aromatic carbocycles. The summed E-state index contributed by atoms with van der Waals surface area (Å²) >= 11 is 0. The SMILES string of the molecule is CN(CCN)CC1CCN(Cc2ccccc2)CC1. The molecule has 0 spiro atoms. The summed E-state index contributed by atoms with van der Waals surface area (Å²) in [5, 5.41) is 0. The van der Waals surface area contributed by atoms with Crippen LogP contribution in [-0.4, -0.2) is 49.6 Å². The topological polar surface area (TPSA) is 32.5 Å². The van der Waals surface area contributed by atoms with Gasteiger partial charge in [-0.1, -0.05) is 30.3 Å². The minimum absolute atomic E-state index is 0.767. The molecule has 1 aliphatic rings. The van der Waals surface area contributed by atoms with Gasteiger partial charge in [0.25, 0.3) is 0 Å². The number of hydrogen-bond acceptors (Lipinski definition) is 3. The number of likely N-dealkylation sites (tertiary alicyclic amines) is 1. The number of hydrogen-bond donors (Lipinski definition) is 1. The summed E-state index contributed by atoms with van der Waals surface area (Å²) in [5.74, 6) is 0.851. The first kappa shape index (κ1) is 14.5. The first-order chi connectivity index (χ1) is 9.28. The van der Waals surface area contributed by atoms with Crippen molar-refractivity contribution in [2.75, 3.05) is 39.8 Å². The molecule has 0 amide bonds. The van der Waals surface area contributed by atoms with Gasteiger partial charge in [0.15, 0.2) is 0 Å². The zero-order valence-corrected chi connectivity index (χ0v) is 12.1.